The quantitative estimate of drug-likeness (QED) is 0.584. The molecule has 0 aliphatic rings. The molecule has 1 amide bonds. The zero-order valence-corrected chi connectivity index (χ0v) is 9.99. The molecule has 2 N–H and O–H groups in total. The second-order valence-corrected chi connectivity index (χ2v) is 3.70. The number of carboxylic acid groups (broad SMARTS) is 1. The van der Waals surface area contributed by atoms with Gasteiger partial charge in [-0.2, -0.15) is 0 Å². The fourth-order valence-corrected chi connectivity index (χ4v) is 1.24. The minimum Gasteiger partial charge on any atom is -0.481 e. The summed E-state index contributed by atoms with van der Waals surface area (Å²) >= 11 is 0. The molecule has 5 nitrogen and oxygen atoms in total. The van der Waals surface area contributed by atoms with Crippen LogP contribution in [0.25, 0.3) is 0 Å². The largest absolute Gasteiger partial charge is 0.481 e. The Kier molecular flexibility index (Phi) is 8.52. The lowest BCUT2D eigenvalue weighted by Gasteiger charge is -2.12. The van der Waals surface area contributed by atoms with Crippen LogP contribution in [0, 0.1) is 0 Å². The van der Waals surface area contributed by atoms with E-state index in [0.717, 1.165) is 0 Å². The lowest BCUT2D eigenvalue weighted by atomic mass is 10.2. The van der Waals surface area contributed by atoms with Crippen molar-refractivity contribution in [1.29, 1.82) is 0 Å². The molecule has 0 radical (unpaired) electrons. The van der Waals surface area contributed by atoms with Crippen molar-refractivity contribution >= 4 is 11.9 Å². The van der Waals surface area contributed by atoms with Gasteiger partial charge >= 0.3 is 5.97 Å². The van der Waals surface area contributed by atoms with E-state index in [1.54, 1.807) is 0 Å². The topological polar surface area (TPSA) is 75.6 Å². The Bertz CT molecular complexity index is 218. The summed E-state index contributed by atoms with van der Waals surface area (Å²) in [4.78, 5) is 21.7. The summed E-state index contributed by atoms with van der Waals surface area (Å²) in [5.74, 6) is -0.880. The lowest BCUT2D eigenvalue weighted by Crippen LogP contribution is -2.32. The minimum absolute atomic E-state index is 0.0439. The first kappa shape index (κ1) is 14.9. The number of carbonyl (C=O) groups excluding carboxylic acids is 1. The molecule has 1 atom stereocenters. The number of nitrogens with one attached hydrogen (secondary N) is 1. The van der Waals surface area contributed by atoms with Crippen LogP contribution < -0.4 is 5.32 Å². The van der Waals surface area contributed by atoms with E-state index in [1.807, 2.05) is 13.8 Å². The maximum atomic E-state index is 11.3. The summed E-state index contributed by atoms with van der Waals surface area (Å²) < 4.78 is 5.11. The molecule has 0 aromatic carbocycles. The molecule has 5 heteroatoms. The summed E-state index contributed by atoms with van der Waals surface area (Å²) in [7, 11) is 0. The Morgan fingerprint density at radius 3 is 2.62 bits per heavy atom. The van der Waals surface area contributed by atoms with Crippen LogP contribution in [0.15, 0.2) is 0 Å². The average Bonchev–Trinajstić information content (AvgIpc) is 2.21. The van der Waals surface area contributed by atoms with Gasteiger partial charge in [-0.05, 0) is 26.7 Å². The van der Waals surface area contributed by atoms with Crippen molar-refractivity contribution in [3.8, 4) is 0 Å². The van der Waals surface area contributed by atoms with Crippen molar-refractivity contribution in [2.45, 2.75) is 45.6 Å². The van der Waals surface area contributed by atoms with Gasteiger partial charge in [0.1, 0.15) is 0 Å². The number of rotatable bonds is 9. The second-order valence-electron chi connectivity index (χ2n) is 3.70. The first-order valence-electron chi connectivity index (χ1n) is 5.65. The Morgan fingerprint density at radius 2 is 2.06 bits per heavy atom. The van der Waals surface area contributed by atoms with Crippen LogP contribution in [0.2, 0.25) is 0 Å². The van der Waals surface area contributed by atoms with E-state index in [2.05, 4.69) is 5.32 Å². The lowest BCUT2D eigenvalue weighted by molar-refractivity contribution is -0.137. The molecule has 0 fully saturated rings. The SMILES string of the molecule is CCOCCCC(=O)NC(C)CCC(=O)O. The number of ether oxygens (including phenoxy) is 1. The highest BCUT2D eigenvalue weighted by atomic mass is 16.5. The standard InChI is InChI=1S/C11H21NO4/c1-3-16-8-4-5-10(13)12-9(2)6-7-11(14)15/h9H,3-8H2,1-2H3,(H,12,13)(H,14,15). The minimum atomic E-state index is -0.836. The molecule has 0 aliphatic heterocycles. The molecule has 0 rings (SSSR count). The van der Waals surface area contributed by atoms with Gasteiger partial charge < -0.3 is 15.2 Å². The Morgan fingerprint density at radius 1 is 1.38 bits per heavy atom. The Labute approximate surface area is 96.2 Å². The van der Waals surface area contributed by atoms with Crippen molar-refractivity contribution in [2.24, 2.45) is 0 Å². The molecule has 0 saturated carbocycles. The smallest absolute Gasteiger partial charge is 0.303 e. The highest BCUT2D eigenvalue weighted by molar-refractivity contribution is 5.76. The van der Waals surface area contributed by atoms with Gasteiger partial charge in [0.25, 0.3) is 0 Å². The molecule has 1 unspecified atom stereocenters. The summed E-state index contributed by atoms with van der Waals surface area (Å²) in [5.41, 5.74) is 0. The van der Waals surface area contributed by atoms with Gasteiger partial charge in [-0.3, -0.25) is 9.59 Å². The summed E-state index contributed by atoms with van der Waals surface area (Å²) in [6, 6.07) is -0.0873. The van der Waals surface area contributed by atoms with Gasteiger partial charge in [-0.1, -0.05) is 0 Å². The van der Waals surface area contributed by atoms with Gasteiger partial charge in [0.2, 0.25) is 5.91 Å². The van der Waals surface area contributed by atoms with Gasteiger partial charge in [-0.25, -0.2) is 0 Å². The number of carbonyl (C=O) groups is 2. The molecule has 0 aromatic heterocycles. The van der Waals surface area contributed by atoms with Gasteiger partial charge in [-0.15, -0.1) is 0 Å². The van der Waals surface area contributed by atoms with Crippen LogP contribution in [-0.4, -0.2) is 36.2 Å². The first-order chi connectivity index (χ1) is 7.56. The van der Waals surface area contributed by atoms with E-state index in [-0.39, 0.29) is 18.4 Å². The van der Waals surface area contributed by atoms with E-state index in [0.29, 0.717) is 32.5 Å². The molecule has 0 heterocycles. The summed E-state index contributed by atoms with van der Waals surface area (Å²) in [6.45, 7) is 4.97. The van der Waals surface area contributed by atoms with Crippen LogP contribution in [0.3, 0.4) is 0 Å². The third kappa shape index (κ3) is 9.45. The predicted molar refractivity (Wildman–Crippen MR) is 60.2 cm³/mol. The number of amides is 1. The summed E-state index contributed by atoms with van der Waals surface area (Å²) in [5, 5.41) is 11.2. The number of carboxylic acids is 1. The molecule has 0 bridgehead atoms. The van der Waals surface area contributed by atoms with E-state index >= 15 is 0 Å². The van der Waals surface area contributed by atoms with E-state index in [1.165, 1.54) is 0 Å². The van der Waals surface area contributed by atoms with Crippen LogP contribution in [0.4, 0.5) is 0 Å². The van der Waals surface area contributed by atoms with E-state index in [9.17, 15) is 9.59 Å². The molecule has 16 heavy (non-hydrogen) atoms. The van der Waals surface area contributed by atoms with Crippen LogP contribution in [0.1, 0.15) is 39.5 Å². The van der Waals surface area contributed by atoms with Crippen LogP contribution in [-0.2, 0) is 14.3 Å². The third-order valence-electron chi connectivity index (χ3n) is 2.10. The van der Waals surface area contributed by atoms with E-state index < -0.39 is 5.97 Å². The number of aliphatic carboxylic acids is 1. The normalized spacial score (nSPS) is 12.1. The van der Waals surface area contributed by atoms with Crippen molar-refractivity contribution in [3.05, 3.63) is 0 Å². The van der Waals surface area contributed by atoms with Crippen molar-refractivity contribution in [2.75, 3.05) is 13.2 Å². The molecule has 0 spiro atoms. The van der Waals surface area contributed by atoms with Crippen LogP contribution >= 0.6 is 0 Å². The number of hydrogen-bond acceptors (Lipinski definition) is 3. The van der Waals surface area contributed by atoms with Gasteiger partial charge in [0.15, 0.2) is 0 Å². The first-order valence-corrected chi connectivity index (χ1v) is 5.65. The van der Waals surface area contributed by atoms with Crippen LogP contribution in [0.5, 0.6) is 0 Å². The van der Waals surface area contributed by atoms with Crippen molar-refractivity contribution < 1.29 is 19.4 Å². The molecule has 0 aliphatic carbocycles. The maximum Gasteiger partial charge on any atom is 0.303 e. The monoisotopic (exact) mass is 231 g/mol. The fraction of sp³-hybridized carbons (Fsp3) is 0.818. The Hall–Kier alpha value is -1.10. The molecular formula is C11H21NO4. The third-order valence-corrected chi connectivity index (χ3v) is 2.10. The van der Waals surface area contributed by atoms with Crippen molar-refractivity contribution in [3.63, 3.8) is 0 Å². The molecule has 94 valence electrons. The van der Waals surface area contributed by atoms with Gasteiger partial charge in [0, 0.05) is 32.1 Å². The Balaban J connectivity index is 3.50. The summed E-state index contributed by atoms with van der Waals surface area (Å²) in [6.07, 6.45) is 1.68. The van der Waals surface area contributed by atoms with Gasteiger partial charge in [0.05, 0.1) is 0 Å². The van der Waals surface area contributed by atoms with Crippen molar-refractivity contribution in [1.82, 2.24) is 5.32 Å². The number of hydrogen-bond donors (Lipinski definition) is 2. The zero-order valence-electron chi connectivity index (χ0n) is 9.99. The fourth-order valence-electron chi connectivity index (χ4n) is 1.24. The molecular weight excluding hydrogens is 210 g/mol. The predicted octanol–water partition coefficient (Wildman–Crippen LogP) is 1.17. The maximum absolute atomic E-state index is 11.3. The average molecular weight is 231 g/mol. The second kappa shape index (κ2) is 9.15. The molecule has 0 saturated heterocycles. The van der Waals surface area contributed by atoms with E-state index in [4.69, 9.17) is 9.84 Å². The molecule has 0 aromatic rings. The highest BCUT2D eigenvalue weighted by Crippen LogP contribution is 1.98. The zero-order chi connectivity index (χ0) is 12.4. The highest BCUT2D eigenvalue weighted by Gasteiger charge is 2.08.